The number of likely N-dealkylation sites (N-methyl/N-ethyl adjacent to an activating group) is 1. The maximum atomic E-state index is 12.6. The van der Waals surface area contributed by atoms with Crippen molar-refractivity contribution >= 4 is 17.3 Å². The molecule has 0 unspecified atom stereocenters. The molecule has 4 rings (SSSR count). The van der Waals surface area contributed by atoms with Gasteiger partial charge in [-0.25, -0.2) is 4.68 Å². The number of hydrogen-bond donors (Lipinski definition) is 2. The molecule has 1 aliphatic rings. The van der Waals surface area contributed by atoms with Crippen molar-refractivity contribution < 1.29 is 9.69 Å². The average Bonchev–Trinajstić information content (AvgIpc) is 3.29. The molecule has 0 saturated carbocycles. The maximum Gasteiger partial charge on any atom is 0.255 e. The molecule has 8 nitrogen and oxygen atoms in total. The van der Waals surface area contributed by atoms with Gasteiger partial charge in [-0.3, -0.25) is 4.79 Å². The van der Waals surface area contributed by atoms with E-state index in [1.54, 1.807) is 17.0 Å². The number of carbonyl (C=O) groups is 1. The molecule has 1 aliphatic heterocycles. The lowest BCUT2D eigenvalue weighted by molar-refractivity contribution is -0.898. The Morgan fingerprint density at radius 3 is 2.57 bits per heavy atom. The molecule has 28 heavy (non-hydrogen) atoms. The molecule has 0 bridgehead atoms. The summed E-state index contributed by atoms with van der Waals surface area (Å²) in [4.78, 5) is 16.7. The molecule has 1 fully saturated rings. The van der Waals surface area contributed by atoms with Crippen LogP contribution in [0.2, 0.25) is 0 Å². The quantitative estimate of drug-likeness (QED) is 0.681. The van der Waals surface area contributed by atoms with Crippen LogP contribution in [0.15, 0.2) is 54.9 Å². The molecule has 3 aromatic rings. The highest BCUT2D eigenvalue weighted by Gasteiger charge is 2.18. The molecule has 1 saturated heterocycles. The first-order valence-corrected chi connectivity index (χ1v) is 9.56. The van der Waals surface area contributed by atoms with Crippen LogP contribution in [0.3, 0.4) is 0 Å². The molecular weight excluding hydrogens is 354 g/mol. The Morgan fingerprint density at radius 1 is 1.11 bits per heavy atom. The standard InChI is InChI=1S/C20H23N7O/c1-2-25-10-12-26(13-11-25)18-8-6-17(7-9-18)22-20(28)16-4-3-5-19(14-16)27-15-21-23-24-27/h3-9,14-15H,2,10-13H2,1H3,(H,22,28)/p+1. The van der Waals surface area contributed by atoms with Crippen LogP contribution in [0.4, 0.5) is 11.4 Å². The van der Waals surface area contributed by atoms with Crippen LogP contribution in [0.5, 0.6) is 0 Å². The number of anilines is 2. The van der Waals surface area contributed by atoms with Crippen molar-refractivity contribution in [3.8, 4) is 5.69 Å². The summed E-state index contributed by atoms with van der Waals surface area (Å²) in [5.74, 6) is -0.164. The number of piperazine rings is 1. The lowest BCUT2D eigenvalue weighted by atomic mass is 10.1. The first-order chi connectivity index (χ1) is 13.7. The number of aromatic nitrogens is 4. The van der Waals surface area contributed by atoms with Gasteiger partial charge in [0.15, 0.2) is 0 Å². The molecule has 0 spiro atoms. The van der Waals surface area contributed by atoms with Gasteiger partial charge in [0.2, 0.25) is 0 Å². The molecule has 1 amide bonds. The number of nitrogens with one attached hydrogen (secondary N) is 2. The van der Waals surface area contributed by atoms with E-state index in [1.807, 2.05) is 24.3 Å². The minimum Gasteiger partial charge on any atom is -0.360 e. The summed E-state index contributed by atoms with van der Waals surface area (Å²) >= 11 is 0. The normalized spacial score (nSPS) is 14.8. The predicted molar refractivity (Wildman–Crippen MR) is 107 cm³/mol. The van der Waals surface area contributed by atoms with Crippen molar-refractivity contribution in [2.24, 2.45) is 0 Å². The van der Waals surface area contributed by atoms with Crippen LogP contribution in [-0.2, 0) is 0 Å². The van der Waals surface area contributed by atoms with E-state index in [4.69, 9.17) is 0 Å². The lowest BCUT2D eigenvalue weighted by Crippen LogP contribution is -3.14. The second-order valence-corrected chi connectivity index (χ2v) is 6.90. The van der Waals surface area contributed by atoms with Gasteiger partial charge in [0, 0.05) is 16.9 Å². The van der Waals surface area contributed by atoms with Gasteiger partial charge in [-0.1, -0.05) is 6.07 Å². The average molecular weight is 378 g/mol. The Kier molecular flexibility index (Phi) is 5.29. The fourth-order valence-electron chi connectivity index (χ4n) is 3.46. The third kappa shape index (κ3) is 4.01. The number of rotatable bonds is 5. The van der Waals surface area contributed by atoms with Crippen LogP contribution in [0.25, 0.3) is 5.69 Å². The Morgan fingerprint density at radius 2 is 1.89 bits per heavy atom. The number of nitrogens with zero attached hydrogens (tertiary/aromatic N) is 5. The van der Waals surface area contributed by atoms with Crippen molar-refractivity contribution in [2.45, 2.75) is 6.92 Å². The maximum absolute atomic E-state index is 12.6. The van der Waals surface area contributed by atoms with E-state index >= 15 is 0 Å². The highest BCUT2D eigenvalue weighted by atomic mass is 16.1. The summed E-state index contributed by atoms with van der Waals surface area (Å²) in [5, 5.41) is 14.1. The van der Waals surface area contributed by atoms with Crippen molar-refractivity contribution in [1.82, 2.24) is 20.2 Å². The van der Waals surface area contributed by atoms with Crippen LogP contribution in [0.1, 0.15) is 17.3 Å². The summed E-state index contributed by atoms with van der Waals surface area (Å²) < 4.78 is 1.52. The minimum absolute atomic E-state index is 0.164. The molecule has 0 aliphatic carbocycles. The zero-order chi connectivity index (χ0) is 19.3. The van der Waals surface area contributed by atoms with Gasteiger partial charge in [0.25, 0.3) is 5.91 Å². The first kappa shape index (κ1) is 18.1. The van der Waals surface area contributed by atoms with Crippen LogP contribution >= 0.6 is 0 Å². The van der Waals surface area contributed by atoms with E-state index in [0.717, 1.165) is 24.5 Å². The second kappa shape index (κ2) is 8.18. The summed E-state index contributed by atoms with van der Waals surface area (Å²) in [6.07, 6.45) is 1.50. The SMILES string of the molecule is CC[NH+]1CCN(c2ccc(NC(=O)c3cccc(-n4cnnn4)c3)cc2)CC1. The lowest BCUT2D eigenvalue weighted by Gasteiger charge is -2.33. The van der Waals surface area contributed by atoms with Gasteiger partial charge < -0.3 is 15.1 Å². The van der Waals surface area contributed by atoms with Gasteiger partial charge >= 0.3 is 0 Å². The fraction of sp³-hybridized carbons (Fsp3) is 0.300. The Bertz CT molecular complexity index is 916. The Hall–Kier alpha value is -3.26. The highest BCUT2D eigenvalue weighted by Crippen LogP contribution is 2.19. The fourth-order valence-corrected chi connectivity index (χ4v) is 3.46. The number of tetrazole rings is 1. The number of benzene rings is 2. The Balaban J connectivity index is 1.41. The van der Waals surface area contributed by atoms with Gasteiger partial charge in [-0.05, 0) is 59.8 Å². The van der Waals surface area contributed by atoms with Gasteiger partial charge in [-0.15, -0.1) is 5.10 Å². The summed E-state index contributed by atoms with van der Waals surface area (Å²) in [6, 6.07) is 15.3. The largest absolute Gasteiger partial charge is 0.360 e. The minimum atomic E-state index is -0.164. The van der Waals surface area contributed by atoms with E-state index in [9.17, 15) is 4.79 Å². The summed E-state index contributed by atoms with van der Waals surface area (Å²) in [6.45, 7) is 7.91. The third-order valence-corrected chi connectivity index (χ3v) is 5.18. The number of carbonyl (C=O) groups excluding carboxylic acids is 1. The van der Waals surface area contributed by atoms with Gasteiger partial charge in [-0.2, -0.15) is 0 Å². The highest BCUT2D eigenvalue weighted by molar-refractivity contribution is 6.04. The Labute approximate surface area is 163 Å². The molecular formula is C20H24N7O+. The number of quaternary nitrogens is 1. The summed E-state index contributed by atoms with van der Waals surface area (Å²) in [7, 11) is 0. The topological polar surface area (TPSA) is 80.4 Å². The molecule has 2 N–H and O–H groups in total. The molecule has 144 valence electrons. The molecule has 0 atom stereocenters. The third-order valence-electron chi connectivity index (χ3n) is 5.18. The van der Waals surface area contributed by atoms with E-state index in [2.05, 4.69) is 44.8 Å². The molecule has 0 radical (unpaired) electrons. The van der Waals surface area contributed by atoms with E-state index < -0.39 is 0 Å². The molecule has 1 aromatic heterocycles. The number of amides is 1. The zero-order valence-electron chi connectivity index (χ0n) is 15.9. The van der Waals surface area contributed by atoms with Gasteiger partial charge in [0.1, 0.15) is 6.33 Å². The molecule has 2 aromatic carbocycles. The van der Waals surface area contributed by atoms with Crippen LogP contribution < -0.4 is 15.1 Å². The predicted octanol–water partition coefficient (Wildman–Crippen LogP) is 0.639. The second-order valence-electron chi connectivity index (χ2n) is 6.90. The smallest absolute Gasteiger partial charge is 0.255 e. The first-order valence-electron chi connectivity index (χ1n) is 9.56. The van der Waals surface area contributed by atoms with Crippen molar-refractivity contribution in [3.63, 3.8) is 0 Å². The van der Waals surface area contributed by atoms with E-state index in [0.29, 0.717) is 5.56 Å². The summed E-state index contributed by atoms with van der Waals surface area (Å²) in [5.41, 5.74) is 3.27. The van der Waals surface area contributed by atoms with Gasteiger partial charge in [0.05, 0.1) is 38.4 Å². The molecule has 2 heterocycles. The number of hydrogen-bond acceptors (Lipinski definition) is 5. The van der Waals surface area contributed by atoms with Crippen molar-refractivity contribution in [1.29, 1.82) is 0 Å². The zero-order valence-corrected chi connectivity index (χ0v) is 15.9. The van der Waals surface area contributed by atoms with Crippen molar-refractivity contribution in [2.75, 3.05) is 42.9 Å². The van der Waals surface area contributed by atoms with E-state index in [1.165, 1.54) is 36.3 Å². The monoisotopic (exact) mass is 378 g/mol. The van der Waals surface area contributed by atoms with Crippen LogP contribution in [-0.4, -0.2) is 58.8 Å². The van der Waals surface area contributed by atoms with E-state index in [-0.39, 0.29) is 5.91 Å². The van der Waals surface area contributed by atoms with Crippen molar-refractivity contribution in [3.05, 3.63) is 60.4 Å². The van der Waals surface area contributed by atoms with Crippen LogP contribution in [0, 0.1) is 0 Å². The molecule has 8 heteroatoms.